The molecule has 1 aliphatic carbocycles. The second-order valence-corrected chi connectivity index (χ2v) is 4.82. The lowest BCUT2D eigenvalue weighted by atomic mass is 10.1. The highest BCUT2D eigenvalue weighted by Crippen LogP contribution is 2.28. The average molecular weight is 220 g/mol. The molecule has 1 aliphatic rings. The highest BCUT2D eigenvalue weighted by atomic mass is 32.1. The number of thiophene rings is 1. The first-order chi connectivity index (χ1) is 7.31. The summed E-state index contributed by atoms with van der Waals surface area (Å²) in [4.78, 5) is 13.4. The molecule has 0 fully saturated rings. The van der Waals surface area contributed by atoms with Crippen LogP contribution in [0.15, 0.2) is 6.07 Å². The van der Waals surface area contributed by atoms with Gasteiger partial charge in [-0.3, -0.25) is 10.1 Å². The van der Waals surface area contributed by atoms with Gasteiger partial charge < -0.3 is 0 Å². The summed E-state index contributed by atoms with van der Waals surface area (Å²) in [5, 5.41) is 10.5. The van der Waals surface area contributed by atoms with Crippen LogP contribution in [0.3, 0.4) is 0 Å². The fourth-order valence-corrected chi connectivity index (χ4v) is 3.04. The number of amides is 1. The molecule has 0 spiro atoms. The standard InChI is InChI=1S/C11H12N2OS/c12-7-13-11(14)10-6-8-4-2-1-3-5-9(8)15-10/h6H,1-5H2,(H,13,14). The smallest absolute Gasteiger partial charge is 0.267 e. The molecule has 1 amide bonds. The van der Waals surface area contributed by atoms with E-state index in [9.17, 15) is 4.79 Å². The molecule has 0 aliphatic heterocycles. The van der Waals surface area contributed by atoms with Crippen molar-refractivity contribution in [2.75, 3.05) is 0 Å². The molecule has 1 aromatic heterocycles. The van der Waals surface area contributed by atoms with Crippen molar-refractivity contribution in [1.29, 1.82) is 5.26 Å². The van der Waals surface area contributed by atoms with E-state index in [1.54, 1.807) is 6.19 Å². The molecule has 0 bridgehead atoms. The van der Waals surface area contributed by atoms with Gasteiger partial charge in [0.15, 0.2) is 6.19 Å². The number of rotatable bonds is 1. The van der Waals surface area contributed by atoms with Gasteiger partial charge in [-0.25, -0.2) is 0 Å². The molecule has 1 heterocycles. The maximum atomic E-state index is 11.4. The van der Waals surface area contributed by atoms with Gasteiger partial charge in [0, 0.05) is 4.88 Å². The lowest BCUT2D eigenvalue weighted by molar-refractivity contribution is 0.0977. The summed E-state index contributed by atoms with van der Waals surface area (Å²) in [6.07, 6.45) is 7.53. The minimum Gasteiger partial charge on any atom is -0.267 e. The van der Waals surface area contributed by atoms with Crippen LogP contribution in [-0.4, -0.2) is 5.91 Å². The predicted octanol–water partition coefficient (Wildman–Crippen LogP) is 2.23. The van der Waals surface area contributed by atoms with Gasteiger partial charge in [-0.05, 0) is 37.3 Å². The van der Waals surface area contributed by atoms with Gasteiger partial charge in [0.25, 0.3) is 5.91 Å². The first-order valence-electron chi connectivity index (χ1n) is 5.12. The van der Waals surface area contributed by atoms with E-state index in [1.165, 1.54) is 41.0 Å². The number of nitrogens with one attached hydrogen (secondary N) is 1. The van der Waals surface area contributed by atoms with E-state index in [-0.39, 0.29) is 5.91 Å². The average Bonchev–Trinajstić information content (AvgIpc) is 2.51. The van der Waals surface area contributed by atoms with Gasteiger partial charge in [0.05, 0.1) is 4.88 Å². The summed E-state index contributed by atoms with van der Waals surface area (Å²) in [7, 11) is 0. The van der Waals surface area contributed by atoms with E-state index in [4.69, 9.17) is 5.26 Å². The Kier molecular flexibility index (Phi) is 3.02. The van der Waals surface area contributed by atoms with Gasteiger partial charge in [0.1, 0.15) is 0 Å². The molecule has 78 valence electrons. The van der Waals surface area contributed by atoms with Crippen LogP contribution in [0, 0.1) is 11.5 Å². The van der Waals surface area contributed by atoms with Crippen LogP contribution in [0.25, 0.3) is 0 Å². The Bertz CT molecular complexity index is 393. The third-order valence-electron chi connectivity index (χ3n) is 2.64. The largest absolute Gasteiger partial charge is 0.274 e. The van der Waals surface area contributed by atoms with Crippen molar-refractivity contribution in [2.24, 2.45) is 0 Å². The highest BCUT2D eigenvalue weighted by Gasteiger charge is 2.15. The number of hydrogen-bond acceptors (Lipinski definition) is 3. The fraction of sp³-hybridized carbons (Fsp3) is 0.455. The van der Waals surface area contributed by atoms with Gasteiger partial charge in [-0.15, -0.1) is 11.3 Å². The lowest BCUT2D eigenvalue weighted by Crippen LogP contribution is -2.15. The molecule has 0 saturated carbocycles. The van der Waals surface area contributed by atoms with E-state index in [1.807, 2.05) is 6.07 Å². The minimum atomic E-state index is -0.268. The van der Waals surface area contributed by atoms with E-state index in [0.29, 0.717) is 4.88 Å². The zero-order chi connectivity index (χ0) is 10.7. The Morgan fingerprint density at radius 2 is 2.20 bits per heavy atom. The maximum absolute atomic E-state index is 11.4. The van der Waals surface area contributed by atoms with Gasteiger partial charge in [-0.1, -0.05) is 6.42 Å². The Morgan fingerprint density at radius 3 is 3.00 bits per heavy atom. The first kappa shape index (κ1) is 10.2. The Labute approximate surface area is 92.7 Å². The Hall–Kier alpha value is -1.34. The number of nitriles is 1. The minimum absolute atomic E-state index is 0.268. The second-order valence-electron chi connectivity index (χ2n) is 3.69. The summed E-state index contributed by atoms with van der Waals surface area (Å²) in [6.45, 7) is 0. The summed E-state index contributed by atoms with van der Waals surface area (Å²) in [5.74, 6) is -0.268. The zero-order valence-corrected chi connectivity index (χ0v) is 9.19. The van der Waals surface area contributed by atoms with E-state index >= 15 is 0 Å². The molecule has 0 radical (unpaired) electrons. The van der Waals surface area contributed by atoms with Crippen LogP contribution in [0.1, 0.15) is 39.4 Å². The van der Waals surface area contributed by atoms with Crippen molar-refractivity contribution in [1.82, 2.24) is 5.32 Å². The van der Waals surface area contributed by atoms with Gasteiger partial charge >= 0.3 is 0 Å². The normalized spacial score (nSPS) is 14.9. The van der Waals surface area contributed by atoms with Crippen LogP contribution in [0.4, 0.5) is 0 Å². The van der Waals surface area contributed by atoms with Crippen molar-refractivity contribution in [3.05, 3.63) is 21.4 Å². The first-order valence-corrected chi connectivity index (χ1v) is 5.94. The molecule has 15 heavy (non-hydrogen) atoms. The van der Waals surface area contributed by atoms with Crippen LogP contribution < -0.4 is 5.32 Å². The van der Waals surface area contributed by atoms with Crippen molar-refractivity contribution in [3.8, 4) is 6.19 Å². The molecular formula is C11H12N2OS. The SMILES string of the molecule is N#CNC(=O)c1cc2c(s1)CCCCC2. The molecule has 2 rings (SSSR count). The van der Waals surface area contributed by atoms with Gasteiger partial charge in [0.2, 0.25) is 0 Å². The predicted molar refractivity (Wildman–Crippen MR) is 58.7 cm³/mol. The van der Waals surface area contributed by atoms with Crippen LogP contribution >= 0.6 is 11.3 Å². The number of aryl methyl sites for hydroxylation is 2. The molecule has 1 N–H and O–H groups in total. The summed E-state index contributed by atoms with van der Waals surface area (Å²) in [5.41, 5.74) is 1.31. The third-order valence-corrected chi connectivity index (χ3v) is 3.88. The lowest BCUT2D eigenvalue weighted by Gasteiger charge is -1.92. The van der Waals surface area contributed by atoms with Crippen molar-refractivity contribution in [3.63, 3.8) is 0 Å². The highest BCUT2D eigenvalue weighted by molar-refractivity contribution is 7.14. The topological polar surface area (TPSA) is 52.9 Å². The number of hydrogen-bond donors (Lipinski definition) is 1. The van der Waals surface area contributed by atoms with E-state index < -0.39 is 0 Å². The molecule has 0 aromatic carbocycles. The van der Waals surface area contributed by atoms with Crippen LogP contribution in [0.2, 0.25) is 0 Å². The molecule has 0 unspecified atom stereocenters. The Balaban J connectivity index is 2.22. The van der Waals surface area contributed by atoms with Crippen molar-refractivity contribution >= 4 is 17.2 Å². The summed E-state index contributed by atoms with van der Waals surface area (Å²) >= 11 is 1.53. The number of carbonyl (C=O) groups is 1. The Morgan fingerprint density at radius 1 is 1.40 bits per heavy atom. The molecule has 4 heteroatoms. The van der Waals surface area contributed by atoms with Crippen LogP contribution in [-0.2, 0) is 12.8 Å². The van der Waals surface area contributed by atoms with Crippen LogP contribution in [0.5, 0.6) is 0 Å². The molecular weight excluding hydrogens is 208 g/mol. The molecule has 0 saturated heterocycles. The third kappa shape index (κ3) is 2.18. The second kappa shape index (κ2) is 4.45. The number of fused-ring (bicyclic) bond motifs is 1. The maximum Gasteiger partial charge on any atom is 0.274 e. The zero-order valence-electron chi connectivity index (χ0n) is 8.38. The molecule has 3 nitrogen and oxygen atoms in total. The summed E-state index contributed by atoms with van der Waals surface area (Å²) in [6, 6.07) is 1.94. The quantitative estimate of drug-likeness (QED) is 0.448. The van der Waals surface area contributed by atoms with Gasteiger partial charge in [-0.2, -0.15) is 5.26 Å². The summed E-state index contributed by atoms with van der Waals surface area (Å²) < 4.78 is 0. The van der Waals surface area contributed by atoms with E-state index in [0.717, 1.165) is 12.8 Å². The molecule has 1 aromatic rings. The fourth-order valence-electron chi connectivity index (χ4n) is 1.89. The monoisotopic (exact) mass is 220 g/mol. The van der Waals surface area contributed by atoms with Crippen molar-refractivity contribution < 1.29 is 4.79 Å². The number of carbonyl (C=O) groups excluding carboxylic acids is 1. The number of nitrogens with zero attached hydrogens (tertiary/aromatic N) is 1. The van der Waals surface area contributed by atoms with Crippen molar-refractivity contribution in [2.45, 2.75) is 32.1 Å². The van der Waals surface area contributed by atoms with E-state index in [2.05, 4.69) is 5.32 Å². The molecule has 0 atom stereocenters.